The largest absolute Gasteiger partial charge is 0.490 e. The molecule has 3 aromatic heterocycles. The second-order valence-electron chi connectivity index (χ2n) is 9.94. The van der Waals surface area contributed by atoms with Crippen molar-refractivity contribution in [3.05, 3.63) is 59.7 Å². The highest BCUT2D eigenvalue weighted by molar-refractivity contribution is 7.14. The van der Waals surface area contributed by atoms with Gasteiger partial charge in [0.2, 0.25) is 0 Å². The van der Waals surface area contributed by atoms with Crippen LogP contribution < -0.4 is 11.1 Å². The van der Waals surface area contributed by atoms with E-state index in [1.807, 2.05) is 35.1 Å². The second-order valence-corrected chi connectivity index (χ2v) is 10.8. The first-order chi connectivity index (χ1) is 24.0. The Morgan fingerprint density at radius 3 is 1.88 bits per heavy atom. The zero-order chi connectivity index (χ0) is 39.7. The van der Waals surface area contributed by atoms with Crippen molar-refractivity contribution < 1.29 is 69.2 Å². The van der Waals surface area contributed by atoms with Crippen LogP contribution in [0.4, 0.5) is 50.3 Å². The number of nitrogens with zero attached hydrogens (tertiary/aromatic N) is 5. The lowest BCUT2D eigenvalue weighted by Crippen LogP contribution is -2.21. The molecule has 4 rings (SSSR count). The van der Waals surface area contributed by atoms with Crippen molar-refractivity contribution in [2.75, 3.05) is 11.9 Å². The molecule has 4 aromatic rings. The number of anilines is 2. The number of benzene rings is 1. The van der Waals surface area contributed by atoms with Crippen LogP contribution in [0.2, 0.25) is 0 Å². The number of carboxylic acid groups (broad SMARTS) is 3. The Labute approximate surface area is 291 Å². The van der Waals surface area contributed by atoms with Gasteiger partial charge in [-0.3, -0.25) is 9.67 Å². The van der Waals surface area contributed by atoms with Crippen molar-refractivity contribution in [3.8, 4) is 22.6 Å². The number of nitrogens with one attached hydrogen (secondary N) is 1. The van der Waals surface area contributed by atoms with Crippen molar-refractivity contribution in [3.63, 3.8) is 0 Å². The standard InChI is InChI=1S/C23H27N7S.3C2HF3O2/c1-17-7-6-8-19(13-17)26-23-27-22(16-31-23)18-9-11-25-20(14-18)21-15-30(29-28-21)12-5-3-2-4-10-24;3*3-2(4,5)1(6)7/h6-9,11,13-16H,2-5,10,12,24H2,1H3,(H,26,27);3*(H,6,7). The molecule has 0 aliphatic heterocycles. The third kappa shape index (κ3) is 17.6. The molecule has 0 fully saturated rings. The highest BCUT2D eigenvalue weighted by atomic mass is 32.1. The number of pyridine rings is 1. The summed E-state index contributed by atoms with van der Waals surface area (Å²) in [6.45, 7) is 3.70. The molecule has 0 radical (unpaired) electrons. The quantitative estimate of drug-likeness (QED) is 0.0821. The highest BCUT2D eigenvalue weighted by Crippen LogP contribution is 2.29. The van der Waals surface area contributed by atoms with Gasteiger partial charge in [0.25, 0.3) is 0 Å². The van der Waals surface area contributed by atoms with Gasteiger partial charge in [0.1, 0.15) is 5.69 Å². The molecule has 0 spiro atoms. The Hall–Kier alpha value is -5.32. The minimum atomic E-state index is -5.08. The fourth-order valence-corrected chi connectivity index (χ4v) is 4.08. The molecule has 0 bridgehead atoms. The lowest BCUT2D eigenvalue weighted by molar-refractivity contribution is -0.193. The van der Waals surface area contributed by atoms with Crippen LogP contribution >= 0.6 is 11.3 Å². The number of thiazole rings is 1. The molecule has 0 aliphatic rings. The van der Waals surface area contributed by atoms with Gasteiger partial charge < -0.3 is 26.4 Å². The molecule has 3 heterocycles. The zero-order valence-electron chi connectivity index (χ0n) is 26.6. The first-order valence-electron chi connectivity index (χ1n) is 14.3. The predicted molar refractivity (Wildman–Crippen MR) is 167 cm³/mol. The molecule has 23 heteroatoms. The highest BCUT2D eigenvalue weighted by Gasteiger charge is 2.39. The molecule has 286 valence electrons. The van der Waals surface area contributed by atoms with Crippen LogP contribution in [-0.4, -0.2) is 83.3 Å². The SMILES string of the molecule is Cc1cccc(Nc2nc(-c3ccnc(-c4cn(CCCCCCN)nn4)c3)cs2)c1.O=C(O)C(F)(F)F.O=C(O)C(F)(F)F.O=C(O)C(F)(F)F. The molecule has 0 saturated heterocycles. The van der Waals surface area contributed by atoms with Gasteiger partial charge in [-0.1, -0.05) is 30.2 Å². The van der Waals surface area contributed by atoms with Crippen molar-refractivity contribution in [2.45, 2.75) is 57.7 Å². The predicted octanol–water partition coefficient (Wildman–Crippen LogP) is 6.93. The van der Waals surface area contributed by atoms with Gasteiger partial charge in [-0.05, 0) is 56.1 Å². The van der Waals surface area contributed by atoms with Gasteiger partial charge in [0.05, 0.1) is 17.6 Å². The first kappa shape index (κ1) is 44.7. The number of unbranched alkanes of at least 4 members (excludes halogenated alkanes) is 3. The minimum absolute atomic E-state index is 0.762. The van der Waals surface area contributed by atoms with E-state index in [1.165, 1.54) is 5.56 Å². The summed E-state index contributed by atoms with van der Waals surface area (Å²) in [7, 11) is 0. The molecular formula is C29H30F9N7O6S. The van der Waals surface area contributed by atoms with Gasteiger partial charge >= 0.3 is 36.4 Å². The Kier molecular flexibility index (Phi) is 17.6. The van der Waals surface area contributed by atoms with Crippen molar-refractivity contribution in [1.82, 2.24) is 25.0 Å². The summed E-state index contributed by atoms with van der Waals surface area (Å²) >= 11 is 1.58. The van der Waals surface area contributed by atoms with E-state index in [0.29, 0.717) is 0 Å². The number of hydrogen-bond acceptors (Lipinski definition) is 10. The second kappa shape index (κ2) is 20.5. The maximum atomic E-state index is 10.6. The maximum absolute atomic E-state index is 10.6. The first-order valence-corrected chi connectivity index (χ1v) is 15.2. The Morgan fingerprint density at radius 2 is 1.37 bits per heavy atom. The Balaban J connectivity index is 0.000000525. The lowest BCUT2D eigenvalue weighted by atomic mass is 10.1. The molecule has 0 unspecified atom stereocenters. The minimum Gasteiger partial charge on any atom is -0.475 e. The van der Waals surface area contributed by atoms with E-state index in [4.69, 9.17) is 40.4 Å². The molecule has 52 heavy (non-hydrogen) atoms. The maximum Gasteiger partial charge on any atom is 0.490 e. The van der Waals surface area contributed by atoms with Gasteiger partial charge in [0.15, 0.2) is 5.13 Å². The molecule has 0 atom stereocenters. The molecule has 1 aromatic carbocycles. The van der Waals surface area contributed by atoms with Crippen molar-refractivity contribution in [2.24, 2.45) is 5.73 Å². The molecule has 0 aliphatic carbocycles. The Morgan fingerprint density at radius 1 is 0.808 bits per heavy atom. The van der Waals surface area contributed by atoms with E-state index >= 15 is 0 Å². The third-order valence-electron chi connectivity index (χ3n) is 5.70. The fraction of sp³-hybridized carbons (Fsp3) is 0.345. The normalized spacial score (nSPS) is 11.1. The van der Waals surface area contributed by atoms with Crippen LogP contribution in [-0.2, 0) is 20.9 Å². The molecule has 6 N–H and O–H groups in total. The van der Waals surface area contributed by atoms with Crippen LogP contribution in [0.5, 0.6) is 0 Å². The van der Waals surface area contributed by atoms with E-state index in [2.05, 4.69) is 45.0 Å². The topological polar surface area (TPSA) is 206 Å². The van der Waals surface area contributed by atoms with Gasteiger partial charge in [-0.15, -0.1) is 16.4 Å². The van der Waals surface area contributed by atoms with Crippen molar-refractivity contribution in [1.29, 1.82) is 0 Å². The molecule has 0 saturated carbocycles. The number of aliphatic carboxylic acids is 3. The lowest BCUT2D eigenvalue weighted by Gasteiger charge is -2.03. The summed E-state index contributed by atoms with van der Waals surface area (Å²) in [5.74, 6) is -8.27. The van der Waals surface area contributed by atoms with Crippen molar-refractivity contribution >= 4 is 40.1 Å². The summed E-state index contributed by atoms with van der Waals surface area (Å²) in [6, 6.07) is 12.2. The number of aryl methyl sites for hydroxylation is 2. The number of aromatic nitrogens is 5. The summed E-state index contributed by atoms with van der Waals surface area (Å²) in [4.78, 5) is 35.9. The Bertz CT molecular complexity index is 1670. The number of rotatable bonds is 10. The van der Waals surface area contributed by atoms with E-state index in [-0.39, 0.29) is 0 Å². The summed E-state index contributed by atoms with van der Waals surface area (Å²) in [5, 5.41) is 36.2. The van der Waals surface area contributed by atoms with Gasteiger partial charge in [-0.2, -0.15) is 39.5 Å². The van der Waals surface area contributed by atoms with Crippen LogP contribution in [0.1, 0.15) is 31.2 Å². The zero-order valence-corrected chi connectivity index (χ0v) is 27.4. The smallest absolute Gasteiger partial charge is 0.475 e. The van der Waals surface area contributed by atoms with Crippen LogP contribution in [0.3, 0.4) is 0 Å². The summed E-state index contributed by atoms with van der Waals surface area (Å²) < 4.78 is 97.1. The van der Waals surface area contributed by atoms with E-state index in [9.17, 15) is 39.5 Å². The number of carbonyl (C=O) groups is 3. The van der Waals surface area contributed by atoms with E-state index in [0.717, 1.165) is 72.2 Å². The number of alkyl halides is 9. The van der Waals surface area contributed by atoms with E-state index < -0.39 is 36.4 Å². The number of nitrogens with two attached hydrogens (primary N) is 1. The molecule has 0 amide bonds. The average Bonchev–Trinajstić information content (AvgIpc) is 3.71. The monoisotopic (exact) mass is 775 g/mol. The number of halogens is 9. The summed E-state index contributed by atoms with van der Waals surface area (Å²) in [5.41, 5.74) is 11.3. The average molecular weight is 776 g/mol. The fourth-order valence-electron chi connectivity index (χ4n) is 3.34. The number of hydrogen-bond donors (Lipinski definition) is 5. The third-order valence-corrected chi connectivity index (χ3v) is 6.46. The van der Waals surface area contributed by atoms with Crippen LogP contribution in [0, 0.1) is 6.92 Å². The van der Waals surface area contributed by atoms with Crippen LogP contribution in [0.15, 0.2) is 54.2 Å². The molecule has 13 nitrogen and oxygen atoms in total. The van der Waals surface area contributed by atoms with Crippen LogP contribution in [0.25, 0.3) is 22.6 Å². The van der Waals surface area contributed by atoms with Gasteiger partial charge in [-0.25, -0.2) is 19.4 Å². The number of carboxylic acids is 3. The van der Waals surface area contributed by atoms with Gasteiger partial charge in [0, 0.05) is 29.4 Å². The molecular weight excluding hydrogens is 745 g/mol. The summed E-state index contributed by atoms with van der Waals surface area (Å²) in [6.07, 6.45) is -7.02. The van der Waals surface area contributed by atoms with E-state index in [1.54, 1.807) is 17.5 Å².